The van der Waals surface area contributed by atoms with E-state index in [-0.39, 0.29) is 6.42 Å². The van der Waals surface area contributed by atoms with E-state index in [1.54, 1.807) is 7.11 Å². The summed E-state index contributed by atoms with van der Waals surface area (Å²) in [6, 6.07) is 13.3. The predicted molar refractivity (Wildman–Crippen MR) is 92.8 cm³/mol. The number of carboxylic acid groups (broad SMARTS) is 1. The van der Waals surface area contributed by atoms with Crippen LogP contribution < -0.4 is 9.47 Å². The van der Waals surface area contributed by atoms with E-state index in [1.807, 2.05) is 49.4 Å². The Bertz CT molecular complexity index is 882. The molecule has 0 fully saturated rings. The van der Waals surface area contributed by atoms with Gasteiger partial charge >= 0.3 is 5.97 Å². The number of ether oxygens (including phenoxy) is 2. The number of aromatic nitrogens is 1. The number of hydrogen-bond acceptors (Lipinski definition) is 3. The van der Waals surface area contributed by atoms with Gasteiger partial charge in [-0.3, -0.25) is 4.79 Å². The van der Waals surface area contributed by atoms with Gasteiger partial charge in [0.25, 0.3) is 0 Å². The van der Waals surface area contributed by atoms with Gasteiger partial charge in [-0.1, -0.05) is 18.2 Å². The topological polar surface area (TPSA) is 71.6 Å². The number of aromatic amines is 1. The molecule has 0 saturated carbocycles. The summed E-state index contributed by atoms with van der Waals surface area (Å²) in [6.07, 6.45) is -0.0468. The van der Waals surface area contributed by atoms with E-state index in [0.29, 0.717) is 18.1 Å². The zero-order chi connectivity index (χ0) is 17.1. The average molecular weight is 325 g/mol. The number of hydrogen-bond donors (Lipinski definition) is 2. The Labute approximate surface area is 139 Å². The van der Waals surface area contributed by atoms with Gasteiger partial charge in [-0.2, -0.15) is 0 Å². The standard InChI is InChI=1S/C19H19NO4/c1-3-24-16-9-8-12(10-17(16)23-2)19-14(11-18(21)22)13-6-4-5-7-15(13)20-19/h4-10,20H,3,11H2,1-2H3,(H,21,22). The number of benzene rings is 2. The van der Waals surface area contributed by atoms with Crippen molar-refractivity contribution in [2.24, 2.45) is 0 Å². The van der Waals surface area contributed by atoms with Gasteiger partial charge < -0.3 is 19.6 Å². The third-order valence-corrected chi connectivity index (χ3v) is 3.89. The molecular formula is C19H19NO4. The van der Waals surface area contributed by atoms with Crippen LogP contribution in [0.3, 0.4) is 0 Å². The first-order valence-corrected chi connectivity index (χ1v) is 7.76. The lowest BCUT2D eigenvalue weighted by atomic mass is 10.0. The first kappa shape index (κ1) is 15.9. The maximum absolute atomic E-state index is 11.3. The van der Waals surface area contributed by atoms with Gasteiger partial charge in [0.1, 0.15) is 0 Å². The molecule has 0 atom stereocenters. The van der Waals surface area contributed by atoms with Gasteiger partial charge in [0.2, 0.25) is 0 Å². The van der Waals surface area contributed by atoms with Crippen LogP contribution in [0.25, 0.3) is 22.2 Å². The van der Waals surface area contributed by atoms with Crippen molar-refractivity contribution in [3.05, 3.63) is 48.0 Å². The van der Waals surface area contributed by atoms with Crippen molar-refractivity contribution >= 4 is 16.9 Å². The normalized spacial score (nSPS) is 10.8. The fraction of sp³-hybridized carbons (Fsp3) is 0.211. The summed E-state index contributed by atoms with van der Waals surface area (Å²) in [6.45, 7) is 2.46. The Kier molecular flexibility index (Phi) is 4.42. The van der Waals surface area contributed by atoms with Crippen LogP contribution in [0.15, 0.2) is 42.5 Å². The molecule has 124 valence electrons. The van der Waals surface area contributed by atoms with E-state index in [9.17, 15) is 9.90 Å². The Morgan fingerprint density at radius 3 is 2.67 bits per heavy atom. The zero-order valence-electron chi connectivity index (χ0n) is 13.6. The molecule has 0 saturated heterocycles. The molecular weight excluding hydrogens is 306 g/mol. The van der Waals surface area contributed by atoms with Crippen molar-refractivity contribution in [3.8, 4) is 22.8 Å². The Balaban J connectivity index is 2.16. The lowest BCUT2D eigenvalue weighted by molar-refractivity contribution is -0.136. The fourth-order valence-corrected chi connectivity index (χ4v) is 2.88. The van der Waals surface area contributed by atoms with Gasteiger partial charge in [0.15, 0.2) is 11.5 Å². The van der Waals surface area contributed by atoms with Crippen molar-refractivity contribution in [3.63, 3.8) is 0 Å². The number of nitrogens with one attached hydrogen (secondary N) is 1. The van der Waals surface area contributed by atoms with Crippen molar-refractivity contribution in [2.45, 2.75) is 13.3 Å². The van der Waals surface area contributed by atoms with Crippen LogP contribution in [0.2, 0.25) is 0 Å². The van der Waals surface area contributed by atoms with Crippen LogP contribution in [0.5, 0.6) is 11.5 Å². The molecule has 24 heavy (non-hydrogen) atoms. The molecule has 0 aliphatic carbocycles. The highest BCUT2D eigenvalue weighted by atomic mass is 16.5. The van der Waals surface area contributed by atoms with Crippen molar-refractivity contribution in [1.82, 2.24) is 4.98 Å². The summed E-state index contributed by atoms with van der Waals surface area (Å²) in [7, 11) is 1.59. The third kappa shape index (κ3) is 2.93. The lowest BCUT2D eigenvalue weighted by Crippen LogP contribution is -2.01. The average Bonchev–Trinajstić information content (AvgIpc) is 2.94. The quantitative estimate of drug-likeness (QED) is 0.722. The van der Waals surface area contributed by atoms with Gasteiger partial charge in [0.05, 0.1) is 25.8 Å². The van der Waals surface area contributed by atoms with E-state index in [2.05, 4.69) is 4.98 Å². The number of carbonyl (C=O) groups is 1. The molecule has 1 aromatic heterocycles. The van der Waals surface area contributed by atoms with E-state index < -0.39 is 5.97 Å². The van der Waals surface area contributed by atoms with Crippen LogP contribution in [0, 0.1) is 0 Å². The number of aliphatic carboxylic acids is 1. The zero-order valence-corrected chi connectivity index (χ0v) is 13.6. The van der Waals surface area contributed by atoms with E-state index >= 15 is 0 Å². The molecule has 0 aliphatic heterocycles. The smallest absolute Gasteiger partial charge is 0.307 e. The summed E-state index contributed by atoms with van der Waals surface area (Å²) in [4.78, 5) is 14.6. The highest BCUT2D eigenvalue weighted by Gasteiger charge is 2.17. The number of methoxy groups -OCH3 is 1. The molecule has 0 amide bonds. The molecule has 0 radical (unpaired) electrons. The maximum atomic E-state index is 11.3. The predicted octanol–water partition coefficient (Wildman–Crippen LogP) is 3.87. The monoisotopic (exact) mass is 325 g/mol. The SMILES string of the molecule is CCOc1ccc(-c2[nH]c3ccccc3c2CC(=O)O)cc1OC. The summed E-state index contributed by atoms with van der Waals surface area (Å²) in [5, 5.41) is 10.2. The molecule has 2 aromatic carbocycles. The first-order chi connectivity index (χ1) is 11.6. The summed E-state index contributed by atoms with van der Waals surface area (Å²) >= 11 is 0. The number of rotatable bonds is 6. The summed E-state index contributed by atoms with van der Waals surface area (Å²) in [5.41, 5.74) is 3.34. The molecule has 0 unspecified atom stereocenters. The van der Waals surface area contributed by atoms with E-state index in [0.717, 1.165) is 27.7 Å². The maximum Gasteiger partial charge on any atom is 0.307 e. The molecule has 0 aliphatic rings. The second kappa shape index (κ2) is 6.66. The minimum atomic E-state index is -0.862. The lowest BCUT2D eigenvalue weighted by Gasteiger charge is -2.11. The van der Waals surface area contributed by atoms with Crippen molar-refractivity contribution in [1.29, 1.82) is 0 Å². The van der Waals surface area contributed by atoms with Crippen LogP contribution in [-0.4, -0.2) is 29.8 Å². The highest BCUT2D eigenvalue weighted by molar-refractivity contribution is 5.94. The van der Waals surface area contributed by atoms with Crippen molar-refractivity contribution in [2.75, 3.05) is 13.7 Å². The van der Waals surface area contributed by atoms with Gasteiger partial charge in [-0.05, 0) is 36.8 Å². The second-order valence-corrected chi connectivity index (χ2v) is 5.39. The molecule has 0 bridgehead atoms. The Morgan fingerprint density at radius 2 is 1.96 bits per heavy atom. The minimum Gasteiger partial charge on any atom is -0.493 e. The summed E-state index contributed by atoms with van der Waals surface area (Å²) < 4.78 is 10.9. The molecule has 3 aromatic rings. The Hall–Kier alpha value is -2.95. The second-order valence-electron chi connectivity index (χ2n) is 5.39. The highest BCUT2D eigenvalue weighted by Crippen LogP contribution is 2.36. The third-order valence-electron chi connectivity index (χ3n) is 3.89. The number of para-hydroxylation sites is 1. The molecule has 2 N–H and O–H groups in total. The van der Waals surface area contributed by atoms with Crippen LogP contribution in [0.4, 0.5) is 0 Å². The van der Waals surface area contributed by atoms with Crippen molar-refractivity contribution < 1.29 is 19.4 Å². The van der Waals surface area contributed by atoms with Crippen LogP contribution >= 0.6 is 0 Å². The van der Waals surface area contributed by atoms with Crippen LogP contribution in [-0.2, 0) is 11.2 Å². The number of carboxylic acids is 1. The van der Waals surface area contributed by atoms with E-state index in [4.69, 9.17) is 9.47 Å². The van der Waals surface area contributed by atoms with Gasteiger partial charge in [-0.15, -0.1) is 0 Å². The molecule has 0 spiro atoms. The number of H-pyrrole nitrogens is 1. The molecule has 5 heteroatoms. The Morgan fingerprint density at radius 1 is 1.17 bits per heavy atom. The molecule has 5 nitrogen and oxygen atoms in total. The van der Waals surface area contributed by atoms with Gasteiger partial charge in [0, 0.05) is 16.5 Å². The van der Waals surface area contributed by atoms with Crippen LogP contribution in [0.1, 0.15) is 12.5 Å². The minimum absolute atomic E-state index is 0.0468. The largest absolute Gasteiger partial charge is 0.493 e. The molecule has 1 heterocycles. The molecule has 3 rings (SSSR count). The first-order valence-electron chi connectivity index (χ1n) is 7.76. The van der Waals surface area contributed by atoms with Gasteiger partial charge in [-0.25, -0.2) is 0 Å². The van der Waals surface area contributed by atoms with E-state index in [1.165, 1.54) is 0 Å². The number of fused-ring (bicyclic) bond motifs is 1. The summed E-state index contributed by atoms with van der Waals surface area (Å²) in [5.74, 6) is 0.424. The fourth-order valence-electron chi connectivity index (χ4n) is 2.88.